The predicted octanol–water partition coefficient (Wildman–Crippen LogP) is 1.37. The molecule has 2 atom stereocenters. The summed E-state index contributed by atoms with van der Waals surface area (Å²) in [5, 5.41) is 0. The van der Waals surface area contributed by atoms with Crippen LogP contribution in [0.2, 0.25) is 0 Å². The van der Waals surface area contributed by atoms with Gasteiger partial charge in [0.15, 0.2) is 0 Å². The second-order valence-corrected chi connectivity index (χ2v) is 7.44. The predicted molar refractivity (Wildman–Crippen MR) is 95.7 cm³/mol. The van der Waals surface area contributed by atoms with E-state index in [-0.39, 0.29) is 23.8 Å². The van der Waals surface area contributed by atoms with Crippen LogP contribution < -0.4 is 0 Å². The molecule has 0 bridgehead atoms. The Balaban J connectivity index is 1.63. The van der Waals surface area contributed by atoms with Crippen LogP contribution in [0.3, 0.4) is 0 Å². The minimum absolute atomic E-state index is 0.0603. The fourth-order valence-corrected chi connectivity index (χ4v) is 3.91. The summed E-state index contributed by atoms with van der Waals surface area (Å²) < 4.78 is 0. The molecule has 0 unspecified atom stereocenters. The third-order valence-electron chi connectivity index (χ3n) is 5.13. The quantitative estimate of drug-likeness (QED) is 0.810. The van der Waals surface area contributed by atoms with Crippen LogP contribution in [0.4, 0.5) is 0 Å². The molecule has 0 spiro atoms. The monoisotopic (exact) mass is 344 g/mol. The van der Waals surface area contributed by atoms with Gasteiger partial charge in [-0.1, -0.05) is 6.07 Å². The molecular weight excluding hydrogens is 316 g/mol. The van der Waals surface area contributed by atoms with Gasteiger partial charge in [0.1, 0.15) is 0 Å². The number of aromatic nitrogens is 1. The Morgan fingerprint density at radius 1 is 1.32 bits per heavy atom. The standard InChI is InChI=1S/C19H28N4O2/c1-21(2)14-17-8-4-6-10-23(17)19(25)15-11-18(24)22(12-15)13-16-7-3-5-9-20-16/h3,5,7,9,15,17H,4,6,8,10-14H2,1-2H3/t15-,17-/m1/s1. The van der Waals surface area contributed by atoms with Crippen LogP contribution in [0.1, 0.15) is 31.4 Å². The fraction of sp³-hybridized carbons (Fsp3) is 0.632. The second kappa shape index (κ2) is 7.95. The number of amides is 2. The minimum atomic E-state index is -0.209. The lowest BCUT2D eigenvalue weighted by Crippen LogP contribution is -2.50. The molecule has 0 saturated carbocycles. The molecule has 3 rings (SSSR count). The lowest BCUT2D eigenvalue weighted by molar-refractivity contribution is -0.139. The van der Waals surface area contributed by atoms with E-state index in [0.717, 1.165) is 31.6 Å². The molecule has 25 heavy (non-hydrogen) atoms. The molecule has 2 aliphatic rings. The first-order valence-electron chi connectivity index (χ1n) is 9.17. The van der Waals surface area contributed by atoms with Gasteiger partial charge in [-0.2, -0.15) is 0 Å². The summed E-state index contributed by atoms with van der Waals surface area (Å²) in [6.45, 7) is 2.72. The summed E-state index contributed by atoms with van der Waals surface area (Å²) in [4.78, 5) is 35.6. The highest BCUT2D eigenvalue weighted by atomic mass is 16.2. The average Bonchev–Trinajstić information content (AvgIpc) is 2.96. The summed E-state index contributed by atoms with van der Waals surface area (Å²) in [6.07, 6.45) is 5.36. The van der Waals surface area contributed by atoms with Crippen molar-refractivity contribution in [3.05, 3.63) is 30.1 Å². The van der Waals surface area contributed by atoms with Gasteiger partial charge in [-0.05, 0) is 45.5 Å². The molecule has 2 aliphatic heterocycles. The van der Waals surface area contributed by atoms with Crippen LogP contribution in [-0.2, 0) is 16.1 Å². The maximum absolute atomic E-state index is 13.0. The molecule has 2 amide bonds. The average molecular weight is 344 g/mol. The molecule has 6 nitrogen and oxygen atoms in total. The van der Waals surface area contributed by atoms with Gasteiger partial charge >= 0.3 is 0 Å². The number of piperidine rings is 1. The Bertz CT molecular complexity index is 605. The maximum atomic E-state index is 13.0. The van der Waals surface area contributed by atoms with Crippen molar-refractivity contribution in [2.24, 2.45) is 5.92 Å². The smallest absolute Gasteiger partial charge is 0.228 e. The van der Waals surface area contributed by atoms with E-state index in [1.165, 1.54) is 6.42 Å². The zero-order valence-electron chi connectivity index (χ0n) is 15.2. The number of pyridine rings is 1. The van der Waals surface area contributed by atoms with Crippen molar-refractivity contribution in [1.29, 1.82) is 0 Å². The number of hydrogen-bond donors (Lipinski definition) is 0. The normalized spacial score (nSPS) is 24.2. The van der Waals surface area contributed by atoms with Crippen molar-refractivity contribution < 1.29 is 9.59 Å². The van der Waals surface area contributed by atoms with Crippen LogP contribution in [0.5, 0.6) is 0 Å². The summed E-state index contributed by atoms with van der Waals surface area (Å²) in [5.74, 6) is 0.00701. The van der Waals surface area contributed by atoms with Gasteiger partial charge in [0.2, 0.25) is 11.8 Å². The van der Waals surface area contributed by atoms with E-state index in [2.05, 4.69) is 9.88 Å². The molecule has 0 radical (unpaired) electrons. The van der Waals surface area contributed by atoms with Gasteiger partial charge in [-0.15, -0.1) is 0 Å². The zero-order chi connectivity index (χ0) is 17.8. The molecule has 2 fully saturated rings. The number of hydrogen-bond acceptors (Lipinski definition) is 4. The Labute approximate surface area is 149 Å². The van der Waals surface area contributed by atoms with Crippen molar-refractivity contribution in [2.75, 3.05) is 33.7 Å². The van der Waals surface area contributed by atoms with Gasteiger partial charge < -0.3 is 14.7 Å². The van der Waals surface area contributed by atoms with Crippen LogP contribution in [-0.4, -0.2) is 71.3 Å². The Morgan fingerprint density at radius 2 is 2.16 bits per heavy atom. The summed E-state index contributed by atoms with van der Waals surface area (Å²) in [5.41, 5.74) is 0.868. The number of carbonyl (C=O) groups excluding carboxylic acids is 2. The Kier molecular flexibility index (Phi) is 5.68. The highest BCUT2D eigenvalue weighted by molar-refractivity contribution is 5.89. The van der Waals surface area contributed by atoms with Crippen molar-refractivity contribution in [2.45, 2.75) is 38.3 Å². The Hall–Kier alpha value is -1.95. The van der Waals surface area contributed by atoms with E-state index >= 15 is 0 Å². The van der Waals surface area contributed by atoms with E-state index in [1.54, 1.807) is 11.1 Å². The van der Waals surface area contributed by atoms with Gasteiger partial charge in [-0.3, -0.25) is 14.6 Å². The Morgan fingerprint density at radius 3 is 2.88 bits per heavy atom. The number of nitrogens with zero attached hydrogens (tertiary/aromatic N) is 4. The first kappa shape index (κ1) is 17.9. The molecule has 0 N–H and O–H groups in total. The number of likely N-dealkylation sites (tertiary alicyclic amines) is 2. The summed E-state index contributed by atoms with van der Waals surface area (Å²) >= 11 is 0. The van der Waals surface area contributed by atoms with Crippen molar-refractivity contribution in [3.8, 4) is 0 Å². The highest BCUT2D eigenvalue weighted by Crippen LogP contribution is 2.26. The molecule has 3 heterocycles. The third-order valence-corrected chi connectivity index (χ3v) is 5.13. The molecule has 1 aromatic heterocycles. The first-order chi connectivity index (χ1) is 12.0. The number of carbonyl (C=O) groups is 2. The van der Waals surface area contributed by atoms with Crippen LogP contribution in [0.25, 0.3) is 0 Å². The zero-order valence-corrected chi connectivity index (χ0v) is 15.2. The molecule has 6 heteroatoms. The van der Waals surface area contributed by atoms with Crippen molar-refractivity contribution >= 4 is 11.8 Å². The van der Waals surface area contributed by atoms with Gasteiger partial charge in [0.25, 0.3) is 0 Å². The molecular formula is C19H28N4O2. The van der Waals surface area contributed by atoms with Crippen molar-refractivity contribution in [1.82, 2.24) is 19.7 Å². The number of likely N-dealkylation sites (N-methyl/N-ethyl adjacent to an activating group) is 1. The van der Waals surface area contributed by atoms with E-state index in [9.17, 15) is 9.59 Å². The molecule has 136 valence electrons. The third kappa shape index (κ3) is 4.37. The summed E-state index contributed by atoms with van der Waals surface area (Å²) in [6, 6.07) is 5.98. The first-order valence-corrected chi connectivity index (χ1v) is 9.17. The van der Waals surface area contributed by atoms with Gasteiger partial charge in [-0.25, -0.2) is 0 Å². The second-order valence-electron chi connectivity index (χ2n) is 7.44. The largest absolute Gasteiger partial charge is 0.338 e. The summed E-state index contributed by atoms with van der Waals surface area (Å²) in [7, 11) is 4.09. The number of rotatable bonds is 5. The lowest BCUT2D eigenvalue weighted by Gasteiger charge is -2.38. The minimum Gasteiger partial charge on any atom is -0.338 e. The van der Waals surface area contributed by atoms with E-state index < -0.39 is 0 Å². The van der Waals surface area contributed by atoms with Crippen LogP contribution in [0, 0.1) is 5.92 Å². The van der Waals surface area contributed by atoms with E-state index in [4.69, 9.17) is 0 Å². The lowest BCUT2D eigenvalue weighted by atomic mass is 9.98. The van der Waals surface area contributed by atoms with E-state index in [1.807, 2.05) is 37.2 Å². The van der Waals surface area contributed by atoms with Crippen LogP contribution in [0.15, 0.2) is 24.4 Å². The topological polar surface area (TPSA) is 56.8 Å². The van der Waals surface area contributed by atoms with E-state index in [0.29, 0.717) is 19.5 Å². The van der Waals surface area contributed by atoms with Crippen LogP contribution >= 0.6 is 0 Å². The fourth-order valence-electron chi connectivity index (χ4n) is 3.91. The highest BCUT2D eigenvalue weighted by Gasteiger charge is 2.39. The molecule has 0 aromatic carbocycles. The molecule has 0 aliphatic carbocycles. The van der Waals surface area contributed by atoms with Gasteiger partial charge in [0, 0.05) is 38.3 Å². The molecule has 1 aromatic rings. The van der Waals surface area contributed by atoms with Gasteiger partial charge in [0.05, 0.1) is 18.2 Å². The molecule has 2 saturated heterocycles. The van der Waals surface area contributed by atoms with Crippen molar-refractivity contribution in [3.63, 3.8) is 0 Å². The SMILES string of the molecule is CN(C)C[C@H]1CCCCN1C(=O)[C@@H]1CC(=O)N(Cc2ccccn2)C1. The maximum Gasteiger partial charge on any atom is 0.228 e.